The van der Waals surface area contributed by atoms with E-state index in [1.54, 1.807) is 0 Å². The molecule has 19 heavy (non-hydrogen) atoms. The summed E-state index contributed by atoms with van der Waals surface area (Å²) in [6, 6.07) is 15.8. The summed E-state index contributed by atoms with van der Waals surface area (Å²) in [6.07, 6.45) is 1.12. The van der Waals surface area contributed by atoms with Gasteiger partial charge in [0.2, 0.25) is 0 Å². The van der Waals surface area contributed by atoms with E-state index >= 15 is 0 Å². The topological polar surface area (TPSA) is 12.0 Å². The normalized spacial score (nSPS) is 14.5. The maximum absolute atomic E-state index is 3.54. The van der Waals surface area contributed by atoms with Crippen LogP contribution in [0.3, 0.4) is 0 Å². The Morgan fingerprint density at radius 1 is 1.11 bits per heavy atom. The molecule has 1 atom stereocenters. The monoisotopic (exact) mass is 273 g/mol. The fraction of sp³-hybridized carbons (Fsp3) is 0.412. The Morgan fingerprint density at radius 3 is 2.42 bits per heavy atom. The van der Waals surface area contributed by atoms with Crippen LogP contribution >= 0.6 is 11.3 Å². The summed E-state index contributed by atoms with van der Waals surface area (Å²) in [5.41, 5.74) is 1.51. The van der Waals surface area contributed by atoms with Gasteiger partial charge in [-0.3, -0.25) is 0 Å². The van der Waals surface area contributed by atoms with E-state index in [0.29, 0.717) is 6.04 Å². The number of benzene rings is 1. The first-order chi connectivity index (χ1) is 9.13. The van der Waals surface area contributed by atoms with Crippen LogP contribution in [0, 0.1) is 0 Å². The van der Waals surface area contributed by atoms with Gasteiger partial charge >= 0.3 is 0 Å². The second-order valence-corrected chi connectivity index (χ2v) is 6.48. The maximum atomic E-state index is 3.54. The van der Waals surface area contributed by atoms with E-state index in [-0.39, 0.29) is 5.41 Å². The van der Waals surface area contributed by atoms with Gasteiger partial charge in [0, 0.05) is 16.3 Å². The van der Waals surface area contributed by atoms with Gasteiger partial charge in [-0.1, -0.05) is 57.2 Å². The first kappa shape index (κ1) is 14.3. The number of hydrogen-bond donors (Lipinski definition) is 1. The molecular formula is C17H23NS. The summed E-state index contributed by atoms with van der Waals surface area (Å²) >= 11 is 1.86. The molecule has 0 saturated heterocycles. The summed E-state index contributed by atoms with van der Waals surface area (Å²) in [4.78, 5) is 1.45. The second kappa shape index (κ2) is 6.36. The van der Waals surface area contributed by atoms with Crippen LogP contribution in [-0.4, -0.2) is 12.6 Å². The molecule has 1 aromatic heterocycles. The summed E-state index contributed by atoms with van der Waals surface area (Å²) in [5, 5.41) is 5.71. The van der Waals surface area contributed by atoms with Crippen LogP contribution < -0.4 is 5.32 Å². The van der Waals surface area contributed by atoms with E-state index in [9.17, 15) is 0 Å². The molecule has 0 aliphatic rings. The van der Waals surface area contributed by atoms with Gasteiger partial charge in [-0.05, 0) is 30.0 Å². The zero-order valence-corrected chi connectivity index (χ0v) is 12.8. The SMILES string of the molecule is CC(C)NCCC(C)(c1ccccc1)c1cccs1. The van der Waals surface area contributed by atoms with Gasteiger partial charge in [-0.15, -0.1) is 11.3 Å². The van der Waals surface area contributed by atoms with E-state index in [0.717, 1.165) is 13.0 Å². The molecule has 0 amide bonds. The molecule has 0 spiro atoms. The fourth-order valence-electron chi connectivity index (χ4n) is 2.42. The number of hydrogen-bond acceptors (Lipinski definition) is 2. The molecular weight excluding hydrogens is 250 g/mol. The minimum Gasteiger partial charge on any atom is -0.314 e. The highest BCUT2D eigenvalue weighted by molar-refractivity contribution is 7.10. The molecule has 1 nitrogen and oxygen atoms in total. The Hall–Kier alpha value is -1.12. The highest BCUT2D eigenvalue weighted by Gasteiger charge is 2.29. The fourth-order valence-corrected chi connectivity index (χ4v) is 3.36. The van der Waals surface area contributed by atoms with Crippen molar-refractivity contribution in [2.75, 3.05) is 6.54 Å². The average molecular weight is 273 g/mol. The number of nitrogens with one attached hydrogen (secondary N) is 1. The van der Waals surface area contributed by atoms with Gasteiger partial charge in [0.15, 0.2) is 0 Å². The zero-order valence-electron chi connectivity index (χ0n) is 12.0. The molecule has 2 heteroatoms. The smallest absolute Gasteiger partial charge is 0.0280 e. The quantitative estimate of drug-likeness (QED) is 0.820. The van der Waals surface area contributed by atoms with Crippen LogP contribution in [0.1, 0.15) is 37.6 Å². The van der Waals surface area contributed by atoms with Gasteiger partial charge in [-0.2, -0.15) is 0 Å². The van der Waals surface area contributed by atoms with E-state index in [4.69, 9.17) is 0 Å². The Kier molecular flexibility index (Phi) is 4.78. The van der Waals surface area contributed by atoms with Gasteiger partial charge in [0.1, 0.15) is 0 Å². The average Bonchev–Trinajstić information content (AvgIpc) is 2.93. The minimum absolute atomic E-state index is 0.108. The molecule has 2 aromatic rings. The molecule has 0 fully saturated rings. The van der Waals surface area contributed by atoms with Crippen molar-refractivity contribution in [3.8, 4) is 0 Å². The third kappa shape index (κ3) is 3.46. The van der Waals surface area contributed by atoms with Crippen LogP contribution in [0.2, 0.25) is 0 Å². The predicted octanol–water partition coefficient (Wildman–Crippen LogP) is 4.44. The number of rotatable bonds is 6. The van der Waals surface area contributed by atoms with Crippen LogP contribution in [0.4, 0.5) is 0 Å². The molecule has 0 saturated carbocycles. The Balaban J connectivity index is 2.24. The van der Waals surface area contributed by atoms with Gasteiger partial charge in [-0.25, -0.2) is 0 Å². The van der Waals surface area contributed by atoms with Crippen molar-refractivity contribution in [3.05, 3.63) is 58.3 Å². The van der Waals surface area contributed by atoms with Crippen LogP contribution in [0.25, 0.3) is 0 Å². The summed E-state index contributed by atoms with van der Waals surface area (Å²) in [6.45, 7) is 7.80. The minimum atomic E-state index is 0.108. The van der Waals surface area contributed by atoms with Crippen LogP contribution in [0.5, 0.6) is 0 Å². The second-order valence-electron chi connectivity index (χ2n) is 5.53. The van der Waals surface area contributed by atoms with Crippen molar-refractivity contribution in [1.29, 1.82) is 0 Å². The largest absolute Gasteiger partial charge is 0.314 e. The lowest BCUT2D eigenvalue weighted by atomic mass is 9.78. The third-order valence-corrected chi connectivity index (χ3v) is 4.79. The molecule has 0 bridgehead atoms. The Morgan fingerprint density at radius 2 is 1.84 bits per heavy atom. The predicted molar refractivity (Wildman–Crippen MR) is 85.0 cm³/mol. The molecule has 1 aromatic carbocycles. The molecule has 1 unspecified atom stereocenters. The van der Waals surface area contributed by atoms with Gasteiger partial charge in [0.25, 0.3) is 0 Å². The van der Waals surface area contributed by atoms with Crippen molar-refractivity contribution in [3.63, 3.8) is 0 Å². The van der Waals surface area contributed by atoms with E-state index in [1.807, 2.05) is 11.3 Å². The van der Waals surface area contributed by atoms with Crippen LogP contribution in [0.15, 0.2) is 47.8 Å². The van der Waals surface area contributed by atoms with Crippen molar-refractivity contribution in [1.82, 2.24) is 5.32 Å². The van der Waals surface area contributed by atoms with E-state index < -0.39 is 0 Å². The lowest BCUT2D eigenvalue weighted by molar-refractivity contribution is 0.474. The summed E-state index contributed by atoms with van der Waals surface area (Å²) in [7, 11) is 0. The first-order valence-corrected chi connectivity index (χ1v) is 7.84. The standard InChI is InChI=1S/C17H23NS/c1-14(2)18-12-11-17(3,16-10-7-13-19-16)15-8-5-4-6-9-15/h4-10,13-14,18H,11-12H2,1-3H3. The zero-order chi connectivity index (χ0) is 13.7. The lowest BCUT2D eigenvalue weighted by Gasteiger charge is -2.30. The molecule has 1 N–H and O–H groups in total. The summed E-state index contributed by atoms with van der Waals surface area (Å²) in [5.74, 6) is 0. The van der Waals surface area contributed by atoms with E-state index in [1.165, 1.54) is 10.4 Å². The van der Waals surface area contributed by atoms with Crippen molar-refractivity contribution >= 4 is 11.3 Å². The van der Waals surface area contributed by atoms with E-state index in [2.05, 4.69) is 73.9 Å². The molecule has 102 valence electrons. The summed E-state index contributed by atoms with van der Waals surface area (Å²) < 4.78 is 0. The van der Waals surface area contributed by atoms with Crippen molar-refractivity contribution < 1.29 is 0 Å². The number of thiophene rings is 1. The molecule has 0 aliphatic heterocycles. The van der Waals surface area contributed by atoms with Crippen LogP contribution in [-0.2, 0) is 5.41 Å². The maximum Gasteiger partial charge on any atom is 0.0280 e. The highest BCUT2D eigenvalue weighted by atomic mass is 32.1. The Bertz CT molecular complexity index is 475. The Labute approximate surface area is 120 Å². The lowest BCUT2D eigenvalue weighted by Crippen LogP contribution is -2.31. The van der Waals surface area contributed by atoms with Crippen molar-refractivity contribution in [2.24, 2.45) is 0 Å². The molecule has 0 aliphatic carbocycles. The first-order valence-electron chi connectivity index (χ1n) is 6.96. The highest BCUT2D eigenvalue weighted by Crippen LogP contribution is 2.37. The van der Waals surface area contributed by atoms with Crippen molar-refractivity contribution in [2.45, 2.75) is 38.6 Å². The molecule has 1 heterocycles. The molecule has 0 radical (unpaired) electrons. The third-order valence-electron chi connectivity index (χ3n) is 3.65. The molecule has 2 rings (SSSR count). The van der Waals surface area contributed by atoms with Gasteiger partial charge in [0.05, 0.1) is 0 Å². The van der Waals surface area contributed by atoms with Gasteiger partial charge < -0.3 is 5.32 Å².